The first-order valence-corrected chi connectivity index (χ1v) is 7.39. The minimum absolute atomic E-state index is 0.117. The van der Waals surface area contributed by atoms with Crippen LogP contribution in [0.3, 0.4) is 0 Å². The number of alkyl halides is 1. The van der Waals surface area contributed by atoms with Gasteiger partial charge in [-0.3, -0.25) is 5.10 Å². The summed E-state index contributed by atoms with van der Waals surface area (Å²) < 4.78 is 26.5. The molecule has 0 fully saturated rings. The predicted molar refractivity (Wildman–Crippen MR) is 66.1 cm³/mol. The summed E-state index contributed by atoms with van der Waals surface area (Å²) in [6.45, 7) is 5.50. The Kier molecular flexibility index (Phi) is 4.52. The number of aryl methyl sites for hydroxylation is 1. The van der Waals surface area contributed by atoms with E-state index in [0.717, 1.165) is 6.42 Å². The molecule has 0 saturated carbocycles. The van der Waals surface area contributed by atoms with Crippen molar-refractivity contribution in [3.8, 4) is 0 Å². The zero-order chi connectivity index (χ0) is 12.3. The number of halogens is 1. The van der Waals surface area contributed by atoms with Crippen LogP contribution in [0.1, 0.15) is 26.0 Å². The molecule has 0 aliphatic heterocycles. The van der Waals surface area contributed by atoms with Crippen molar-refractivity contribution in [1.82, 2.24) is 14.9 Å². The van der Waals surface area contributed by atoms with E-state index >= 15 is 0 Å². The molecule has 2 N–H and O–H groups in total. The van der Waals surface area contributed by atoms with Crippen molar-refractivity contribution in [2.45, 2.75) is 43.0 Å². The summed E-state index contributed by atoms with van der Waals surface area (Å²) in [5, 5.41) is 6.31. The first-order chi connectivity index (χ1) is 7.33. The number of nitrogens with one attached hydrogen (secondary N) is 2. The number of aromatic amines is 1. The highest BCUT2D eigenvalue weighted by Crippen LogP contribution is 2.13. The molecule has 0 amide bonds. The van der Waals surface area contributed by atoms with Gasteiger partial charge in [-0.05, 0) is 20.3 Å². The minimum Gasteiger partial charge on any atom is -0.281 e. The van der Waals surface area contributed by atoms with Crippen molar-refractivity contribution in [1.29, 1.82) is 0 Å². The van der Waals surface area contributed by atoms with Gasteiger partial charge in [0.1, 0.15) is 4.90 Å². The summed E-state index contributed by atoms with van der Waals surface area (Å²) in [4.78, 5) is 0.484. The second kappa shape index (κ2) is 5.29. The van der Waals surface area contributed by atoms with Crippen LogP contribution in [0, 0.1) is 6.92 Å². The summed E-state index contributed by atoms with van der Waals surface area (Å²) in [5.74, 6) is 0. The molecule has 16 heavy (non-hydrogen) atoms. The Balaban J connectivity index is 2.77. The molecule has 1 heterocycles. The van der Waals surface area contributed by atoms with Gasteiger partial charge in [0.25, 0.3) is 0 Å². The maximum absolute atomic E-state index is 11.9. The topological polar surface area (TPSA) is 74.8 Å². The summed E-state index contributed by atoms with van der Waals surface area (Å²) in [7, 11) is -3.46. The number of rotatable bonds is 5. The van der Waals surface area contributed by atoms with Gasteiger partial charge >= 0.3 is 0 Å². The maximum atomic E-state index is 11.9. The molecule has 1 aromatic heterocycles. The molecule has 0 radical (unpaired) electrons. The highest BCUT2D eigenvalue weighted by atomic mass is 79.9. The third-order valence-corrected chi connectivity index (χ3v) is 4.18. The quantitative estimate of drug-likeness (QED) is 0.811. The Morgan fingerprint density at radius 2 is 2.19 bits per heavy atom. The molecular formula is C9H16BrN3O2S. The molecule has 92 valence electrons. The summed E-state index contributed by atoms with van der Waals surface area (Å²) >= 11 is 3.39. The van der Waals surface area contributed by atoms with E-state index in [0.29, 0.717) is 5.69 Å². The van der Waals surface area contributed by atoms with Gasteiger partial charge in [0.05, 0.1) is 11.9 Å². The average Bonchev–Trinajstić information content (AvgIpc) is 2.48. The molecule has 1 rings (SSSR count). The van der Waals surface area contributed by atoms with Gasteiger partial charge in [-0.15, -0.1) is 0 Å². The van der Waals surface area contributed by atoms with Crippen molar-refractivity contribution in [3.63, 3.8) is 0 Å². The van der Waals surface area contributed by atoms with Crippen LogP contribution in [0.25, 0.3) is 0 Å². The van der Waals surface area contributed by atoms with Crippen molar-refractivity contribution in [3.05, 3.63) is 11.9 Å². The molecule has 0 saturated heterocycles. The lowest BCUT2D eigenvalue weighted by molar-refractivity contribution is 0.547. The van der Waals surface area contributed by atoms with Crippen LogP contribution in [-0.4, -0.2) is 29.5 Å². The lowest BCUT2D eigenvalue weighted by Crippen LogP contribution is -2.34. The standard InChI is InChI=1S/C9H16BrN3O2S/c1-6(10)4-7(2)13-16(14,15)9-5-11-12-8(9)3/h5-7,13H,4H2,1-3H3,(H,11,12). The van der Waals surface area contributed by atoms with Crippen LogP contribution >= 0.6 is 15.9 Å². The van der Waals surface area contributed by atoms with E-state index in [1.807, 2.05) is 13.8 Å². The second-order valence-corrected chi connectivity index (χ2v) is 7.14. The van der Waals surface area contributed by atoms with Crippen molar-refractivity contribution in [2.24, 2.45) is 0 Å². The van der Waals surface area contributed by atoms with Crippen LogP contribution in [0.4, 0.5) is 0 Å². The number of H-pyrrole nitrogens is 1. The van der Waals surface area contributed by atoms with Crippen molar-refractivity contribution >= 4 is 26.0 Å². The molecule has 5 nitrogen and oxygen atoms in total. The van der Waals surface area contributed by atoms with Crippen LogP contribution < -0.4 is 4.72 Å². The molecule has 7 heteroatoms. The maximum Gasteiger partial charge on any atom is 0.244 e. The Hall–Kier alpha value is -0.400. The monoisotopic (exact) mass is 309 g/mol. The van der Waals surface area contributed by atoms with Gasteiger partial charge < -0.3 is 0 Å². The van der Waals surface area contributed by atoms with Gasteiger partial charge in [-0.25, -0.2) is 13.1 Å². The fourth-order valence-electron chi connectivity index (χ4n) is 1.47. The third kappa shape index (κ3) is 3.57. The molecule has 1 aromatic rings. The Morgan fingerprint density at radius 3 is 2.62 bits per heavy atom. The largest absolute Gasteiger partial charge is 0.281 e. The lowest BCUT2D eigenvalue weighted by Gasteiger charge is -2.14. The van der Waals surface area contributed by atoms with Gasteiger partial charge in [-0.2, -0.15) is 5.10 Å². The molecule has 0 aliphatic carbocycles. The Labute approximate surface area is 104 Å². The van der Waals surface area contributed by atoms with E-state index in [1.54, 1.807) is 6.92 Å². The van der Waals surface area contributed by atoms with E-state index in [1.165, 1.54) is 6.20 Å². The summed E-state index contributed by atoms with van der Waals surface area (Å²) in [6, 6.07) is -0.117. The van der Waals surface area contributed by atoms with E-state index < -0.39 is 10.0 Å². The fraction of sp³-hybridized carbons (Fsp3) is 0.667. The minimum atomic E-state index is -3.46. The molecule has 0 aromatic carbocycles. The van der Waals surface area contributed by atoms with Crippen LogP contribution in [-0.2, 0) is 10.0 Å². The van der Waals surface area contributed by atoms with E-state index in [4.69, 9.17) is 0 Å². The van der Waals surface area contributed by atoms with Gasteiger partial charge in [0.15, 0.2) is 0 Å². The second-order valence-electron chi connectivity index (χ2n) is 3.90. The molecule has 2 atom stereocenters. The van der Waals surface area contributed by atoms with Crippen LogP contribution in [0.2, 0.25) is 0 Å². The smallest absolute Gasteiger partial charge is 0.244 e. The number of sulfonamides is 1. The molecule has 2 unspecified atom stereocenters. The molecule has 0 bridgehead atoms. The predicted octanol–water partition coefficient (Wildman–Crippen LogP) is 1.56. The molecule has 0 spiro atoms. The Morgan fingerprint density at radius 1 is 1.56 bits per heavy atom. The van der Waals surface area contributed by atoms with E-state index in [-0.39, 0.29) is 15.8 Å². The first kappa shape index (κ1) is 13.7. The lowest BCUT2D eigenvalue weighted by atomic mass is 10.2. The number of hydrogen-bond acceptors (Lipinski definition) is 3. The van der Waals surface area contributed by atoms with Crippen molar-refractivity contribution < 1.29 is 8.42 Å². The van der Waals surface area contributed by atoms with E-state index in [2.05, 4.69) is 30.8 Å². The van der Waals surface area contributed by atoms with Gasteiger partial charge in [0.2, 0.25) is 10.0 Å². The SMILES string of the molecule is Cc1[nH]ncc1S(=O)(=O)NC(C)CC(C)Br. The van der Waals surface area contributed by atoms with Gasteiger partial charge in [0, 0.05) is 10.9 Å². The highest BCUT2D eigenvalue weighted by molar-refractivity contribution is 9.09. The number of aromatic nitrogens is 2. The fourth-order valence-corrected chi connectivity index (χ4v) is 3.43. The first-order valence-electron chi connectivity index (χ1n) is 4.99. The summed E-state index contributed by atoms with van der Waals surface area (Å²) in [5.41, 5.74) is 0.548. The van der Waals surface area contributed by atoms with Crippen LogP contribution in [0.5, 0.6) is 0 Å². The number of hydrogen-bond donors (Lipinski definition) is 2. The van der Waals surface area contributed by atoms with E-state index in [9.17, 15) is 8.42 Å². The molecular weight excluding hydrogens is 294 g/mol. The summed E-state index contributed by atoms with van der Waals surface area (Å²) in [6.07, 6.45) is 2.05. The zero-order valence-electron chi connectivity index (χ0n) is 9.49. The van der Waals surface area contributed by atoms with Crippen molar-refractivity contribution in [2.75, 3.05) is 0 Å². The normalized spacial score (nSPS) is 16.0. The zero-order valence-corrected chi connectivity index (χ0v) is 11.9. The van der Waals surface area contributed by atoms with Gasteiger partial charge in [-0.1, -0.05) is 22.9 Å². The van der Waals surface area contributed by atoms with Crippen LogP contribution in [0.15, 0.2) is 11.1 Å². The molecule has 0 aliphatic rings. The third-order valence-electron chi connectivity index (χ3n) is 2.11. The Bertz CT molecular complexity index is 441. The number of nitrogens with zero attached hydrogens (tertiary/aromatic N) is 1. The average molecular weight is 310 g/mol. The highest BCUT2D eigenvalue weighted by Gasteiger charge is 2.21.